The average molecular weight is 366 g/mol. The first-order valence-electron chi connectivity index (χ1n) is 6.51. The molecular weight excluding hydrogens is 350 g/mol. The summed E-state index contributed by atoms with van der Waals surface area (Å²) >= 11 is 4.82. The van der Waals surface area contributed by atoms with E-state index in [0.29, 0.717) is 5.75 Å². The summed E-state index contributed by atoms with van der Waals surface area (Å²) in [5.74, 6) is 0.274. The molecule has 2 aromatic rings. The van der Waals surface area contributed by atoms with Crippen molar-refractivity contribution in [1.82, 2.24) is 0 Å². The van der Waals surface area contributed by atoms with E-state index in [9.17, 15) is 9.90 Å². The van der Waals surface area contributed by atoms with E-state index in [-0.39, 0.29) is 5.91 Å². The second-order valence-electron chi connectivity index (χ2n) is 4.60. The molecule has 0 aliphatic rings. The van der Waals surface area contributed by atoms with E-state index in [0.717, 1.165) is 20.6 Å². The van der Waals surface area contributed by atoms with Gasteiger partial charge in [0.05, 0.1) is 11.9 Å². The smallest absolute Gasteiger partial charge is 0.234 e. The molecule has 5 heteroatoms. The fourth-order valence-electron chi connectivity index (χ4n) is 1.78. The molecule has 110 valence electrons. The summed E-state index contributed by atoms with van der Waals surface area (Å²) in [6.07, 6.45) is -0.499. The van der Waals surface area contributed by atoms with Gasteiger partial charge in [-0.25, -0.2) is 0 Å². The van der Waals surface area contributed by atoms with Gasteiger partial charge in [0, 0.05) is 15.1 Å². The Hall–Kier alpha value is -1.30. The van der Waals surface area contributed by atoms with Crippen LogP contribution in [0.2, 0.25) is 0 Å². The Morgan fingerprint density at radius 2 is 2.05 bits per heavy atom. The maximum Gasteiger partial charge on any atom is 0.234 e. The minimum atomic E-state index is -0.499. The van der Waals surface area contributed by atoms with E-state index in [4.69, 9.17) is 0 Å². The predicted molar refractivity (Wildman–Crippen MR) is 90.6 cm³/mol. The van der Waals surface area contributed by atoms with Crippen LogP contribution in [0.5, 0.6) is 0 Å². The number of benzene rings is 2. The highest BCUT2D eigenvalue weighted by Crippen LogP contribution is 2.23. The van der Waals surface area contributed by atoms with Crippen LogP contribution in [0.1, 0.15) is 18.6 Å². The van der Waals surface area contributed by atoms with Gasteiger partial charge >= 0.3 is 0 Å². The molecule has 2 aromatic carbocycles. The Morgan fingerprint density at radius 1 is 1.29 bits per heavy atom. The summed E-state index contributed by atoms with van der Waals surface area (Å²) in [5, 5.41) is 12.4. The zero-order valence-electron chi connectivity index (χ0n) is 11.5. The number of aliphatic hydroxyl groups is 1. The minimum Gasteiger partial charge on any atom is -0.389 e. The summed E-state index contributed by atoms with van der Waals surface area (Å²) in [6, 6.07) is 15.1. The van der Waals surface area contributed by atoms with Crippen molar-refractivity contribution in [3.05, 3.63) is 58.6 Å². The number of anilines is 1. The summed E-state index contributed by atoms with van der Waals surface area (Å²) in [4.78, 5) is 12.9. The number of hydrogen-bond acceptors (Lipinski definition) is 3. The molecule has 21 heavy (non-hydrogen) atoms. The van der Waals surface area contributed by atoms with E-state index in [1.54, 1.807) is 6.92 Å². The zero-order valence-corrected chi connectivity index (χ0v) is 13.9. The summed E-state index contributed by atoms with van der Waals surface area (Å²) in [6.45, 7) is 1.73. The SMILES string of the molecule is CC(O)c1cccc(SCC(=O)Nc2cccc(Br)c2)c1. The molecule has 1 amide bonds. The van der Waals surface area contributed by atoms with E-state index in [1.165, 1.54) is 11.8 Å². The number of halogens is 1. The summed E-state index contributed by atoms with van der Waals surface area (Å²) < 4.78 is 0.928. The molecule has 2 N–H and O–H groups in total. The highest BCUT2D eigenvalue weighted by Gasteiger charge is 2.06. The second-order valence-corrected chi connectivity index (χ2v) is 6.56. The van der Waals surface area contributed by atoms with Gasteiger partial charge in [0.1, 0.15) is 0 Å². The van der Waals surface area contributed by atoms with Gasteiger partial charge in [0.25, 0.3) is 0 Å². The lowest BCUT2D eigenvalue weighted by molar-refractivity contribution is -0.113. The van der Waals surface area contributed by atoms with E-state index in [1.807, 2.05) is 48.5 Å². The van der Waals surface area contributed by atoms with Gasteiger partial charge < -0.3 is 10.4 Å². The molecule has 3 nitrogen and oxygen atoms in total. The monoisotopic (exact) mass is 365 g/mol. The van der Waals surface area contributed by atoms with E-state index < -0.39 is 6.10 Å². The second kappa shape index (κ2) is 7.64. The van der Waals surface area contributed by atoms with Crippen LogP contribution in [-0.2, 0) is 4.79 Å². The maximum atomic E-state index is 11.9. The van der Waals surface area contributed by atoms with Crippen molar-refractivity contribution in [3.8, 4) is 0 Å². The fourth-order valence-corrected chi connectivity index (χ4v) is 2.94. The highest BCUT2D eigenvalue weighted by molar-refractivity contribution is 9.10. The van der Waals surface area contributed by atoms with Gasteiger partial charge in [-0.1, -0.05) is 34.1 Å². The molecule has 0 saturated carbocycles. The van der Waals surface area contributed by atoms with Crippen molar-refractivity contribution in [1.29, 1.82) is 0 Å². The average Bonchev–Trinajstić information content (AvgIpc) is 2.45. The molecule has 0 heterocycles. The summed E-state index contributed by atoms with van der Waals surface area (Å²) in [7, 11) is 0. The maximum absolute atomic E-state index is 11.9. The van der Waals surface area contributed by atoms with Crippen LogP contribution in [0.25, 0.3) is 0 Å². The van der Waals surface area contributed by atoms with Gasteiger partial charge in [-0.05, 0) is 42.8 Å². The van der Waals surface area contributed by atoms with Crippen LogP contribution >= 0.6 is 27.7 Å². The van der Waals surface area contributed by atoms with E-state index >= 15 is 0 Å². The molecule has 0 radical (unpaired) electrons. The zero-order chi connectivity index (χ0) is 15.2. The van der Waals surface area contributed by atoms with Crippen LogP contribution in [0.4, 0.5) is 5.69 Å². The third-order valence-corrected chi connectivity index (χ3v) is 4.31. The van der Waals surface area contributed by atoms with Crippen molar-refractivity contribution >= 4 is 39.3 Å². The Morgan fingerprint density at radius 3 is 2.76 bits per heavy atom. The standard InChI is InChI=1S/C16H16BrNO2S/c1-11(19)12-4-2-7-15(8-12)21-10-16(20)18-14-6-3-5-13(17)9-14/h2-9,11,19H,10H2,1H3,(H,18,20). The first-order chi connectivity index (χ1) is 10.0. The summed E-state index contributed by atoms with van der Waals surface area (Å²) in [5.41, 5.74) is 1.63. The van der Waals surface area contributed by atoms with Gasteiger partial charge in [0.15, 0.2) is 0 Å². The van der Waals surface area contributed by atoms with Crippen molar-refractivity contribution in [2.45, 2.75) is 17.9 Å². The molecule has 0 saturated heterocycles. The molecule has 0 bridgehead atoms. The van der Waals surface area contributed by atoms with E-state index in [2.05, 4.69) is 21.2 Å². The Kier molecular flexibility index (Phi) is 5.85. The van der Waals surface area contributed by atoms with Gasteiger partial charge in [-0.15, -0.1) is 11.8 Å². The number of aliphatic hydroxyl groups excluding tert-OH is 1. The van der Waals surface area contributed by atoms with Crippen LogP contribution < -0.4 is 5.32 Å². The van der Waals surface area contributed by atoms with Gasteiger partial charge in [-0.2, -0.15) is 0 Å². The minimum absolute atomic E-state index is 0.0550. The third kappa shape index (κ3) is 5.19. The van der Waals surface area contributed by atoms with Crippen molar-refractivity contribution < 1.29 is 9.90 Å². The molecule has 0 aliphatic carbocycles. The largest absolute Gasteiger partial charge is 0.389 e. The Balaban J connectivity index is 1.90. The topological polar surface area (TPSA) is 49.3 Å². The van der Waals surface area contributed by atoms with Crippen LogP contribution in [0.3, 0.4) is 0 Å². The quantitative estimate of drug-likeness (QED) is 0.779. The van der Waals surface area contributed by atoms with Crippen molar-refractivity contribution in [2.75, 3.05) is 11.1 Å². The van der Waals surface area contributed by atoms with Crippen LogP contribution in [0, 0.1) is 0 Å². The number of carbonyl (C=O) groups is 1. The lowest BCUT2D eigenvalue weighted by Gasteiger charge is -2.08. The normalized spacial score (nSPS) is 12.0. The lowest BCUT2D eigenvalue weighted by atomic mass is 10.1. The number of thioether (sulfide) groups is 1. The molecule has 0 spiro atoms. The molecule has 1 unspecified atom stereocenters. The third-order valence-electron chi connectivity index (χ3n) is 2.82. The number of rotatable bonds is 5. The van der Waals surface area contributed by atoms with Gasteiger partial charge in [-0.3, -0.25) is 4.79 Å². The Labute approximate surface area is 136 Å². The number of carbonyl (C=O) groups excluding carboxylic acids is 1. The van der Waals surface area contributed by atoms with Crippen molar-refractivity contribution in [3.63, 3.8) is 0 Å². The lowest BCUT2D eigenvalue weighted by Crippen LogP contribution is -2.13. The molecule has 0 aliphatic heterocycles. The van der Waals surface area contributed by atoms with Crippen molar-refractivity contribution in [2.24, 2.45) is 0 Å². The molecular formula is C16H16BrNO2S. The number of hydrogen-bond donors (Lipinski definition) is 2. The fraction of sp³-hybridized carbons (Fsp3) is 0.188. The first-order valence-corrected chi connectivity index (χ1v) is 8.29. The highest BCUT2D eigenvalue weighted by atomic mass is 79.9. The predicted octanol–water partition coefficient (Wildman–Crippen LogP) is 4.23. The van der Waals surface area contributed by atoms with Crippen LogP contribution in [-0.4, -0.2) is 16.8 Å². The Bertz CT molecular complexity index is 631. The number of amides is 1. The molecule has 0 aromatic heterocycles. The molecule has 2 rings (SSSR count). The van der Waals surface area contributed by atoms with Gasteiger partial charge in [0.2, 0.25) is 5.91 Å². The number of nitrogens with one attached hydrogen (secondary N) is 1. The first kappa shape index (κ1) is 16.1. The van der Waals surface area contributed by atoms with Crippen LogP contribution in [0.15, 0.2) is 57.9 Å². The molecule has 0 fully saturated rings. The molecule has 1 atom stereocenters.